The van der Waals surface area contributed by atoms with Gasteiger partial charge in [0, 0.05) is 33.9 Å². The molecule has 0 bridgehead atoms. The fourth-order valence-corrected chi connectivity index (χ4v) is 11.0. The largest absolute Gasteiger partial charge is 0.355 e. The molecule has 0 aliphatic rings. The van der Waals surface area contributed by atoms with Crippen molar-refractivity contribution in [1.29, 1.82) is 0 Å². The molecule has 13 rings (SSSR count). The molecule has 1 N–H and O–H groups in total. The first-order valence-electron chi connectivity index (χ1n) is 25.4. The Morgan fingerprint density at radius 2 is 0.703 bits per heavy atom. The number of benzene rings is 13. The van der Waals surface area contributed by atoms with Gasteiger partial charge in [0.2, 0.25) is 0 Å². The summed E-state index contributed by atoms with van der Waals surface area (Å²) in [5, 5.41) is 11.2. The summed E-state index contributed by atoms with van der Waals surface area (Å²) < 4.78 is 0. The number of anilines is 5. The molecule has 0 spiro atoms. The number of nitrogens with zero attached hydrogens (tertiary/aromatic N) is 1. The van der Waals surface area contributed by atoms with Crippen LogP contribution in [-0.2, 0) is 0 Å². The van der Waals surface area contributed by atoms with Crippen molar-refractivity contribution < 1.29 is 0 Å². The van der Waals surface area contributed by atoms with Gasteiger partial charge in [0.1, 0.15) is 0 Å². The molecule has 0 heterocycles. The number of nitrogens with one attached hydrogen (secondary N) is 1. The summed E-state index contributed by atoms with van der Waals surface area (Å²) in [6, 6.07) is 108. The van der Waals surface area contributed by atoms with Crippen LogP contribution < -0.4 is 10.2 Å². The van der Waals surface area contributed by atoms with Crippen LogP contribution in [0.4, 0.5) is 28.4 Å². The zero-order valence-electron chi connectivity index (χ0n) is 40.7. The third kappa shape index (κ3) is 8.35. The molecule has 0 radical (unpaired) electrons. The second-order valence-electron chi connectivity index (χ2n) is 18.9. The normalized spacial score (nSPS) is 11.2. The van der Waals surface area contributed by atoms with Crippen LogP contribution >= 0.6 is 0 Å². The van der Waals surface area contributed by atoms with E-state index >= 15 is 0 Å². The molecule has 0 saturated carbocycles. The van der Waals surface area contributed by atoms with E-state index in [1.54, 1.807) is 0 Å². The molecule has 0 saturated heterocycles. The van der Waals surface area contributed by atoms with Gasteiger partial charge in [-0.2, -0.15) is 0 Å². The maximum Gasteiger partial charge on any atom is 0.0540 e. The van der Waals surface area contributed by atoms with Gasteiger partial charge in [-0.3, -0.25) is 0 Å². The van der Waals surface area contributed by atoms with Gasteiger partial charge in [-0.25, -0.2) is 0 Å². The molecular formula is C72H50N2. The van der Waals surface area contributed by atoms with Gasteiger partial charge in [0.05, 0.1) is 5.69 Å². The van der Waals surface area contributed by atoms with E-state index in [0.717, 1.165) is 67.4 Å². The monoisotopic (exact) mass is 942 g/mol. The minimum atomic E-state index is 1.04. The Balaban J connectivity index is 1.02. The highest BCUT2D eigenvalue weighted by Crippen LogP contribution is 2.49. The number of para-hydroxylation sites is 2. The van der Waals surface area contributed by atoms with Gasteiger partial charge in [0.25, 0.3) is 0 Å². The van der Waals surface area contributed by atoms with Crippen molar-refractivity contribution in [3.05, 3.63) is 297 Å². The molecule has 0 fully saturated rings. The van der Waals surface area contributed by atoms with E-state index in [1.807, 2.05) is 0 Å². The zero-order chi connectivity index (χ0) is 49.2. The molecule has 0 unspecified atom stereocenters. The minimum absolute atomic E-state index is 1.04. The van der Waals surface area contributed by atoms with Crippen LogP contribution in [0.15, 0.2) is 297 Å². The smallest absolute Gasteiger partial charge is 0.0540 e. The molecular weight excluding hydrogens is 893 g/mol. The number of fused-ring (bicyclic) bond motifs is 4. The third-order valence-corrected chi connectivity index (χ3v) is 14.4. The number of hydrogen-bond acceptors (Lipinski definition) is 2. The highest BCUT2D eigenvalue weighted by atomic mass is 15.1. The Bertz CT molecular complexity index is 4150. The average Bonchev–Trinajstić information content (AvgIpc) is 3.48. The van der Waals surface area contributed by atoms with E-state index in [2.05, 4.69) is 307 Å². The maximum atomic E-state index is 3.79. The molecule has 0 aliphatic heterocycles. The highest BCUT2D eigenvalue weighted by molar-refractivity contribution is 6.22. The molecule has 0 amide bonds. The highest BCUT2D eigenvalue weighted by Gasteiger charge is 2.23. The Morgan fingerprint density at radius 1 is 0.243 bits per heavy atom. The van der Waals surface area contributed by atoms with E-state index in [-0.39, 0.29) is 0 Å². The third-order valence-electron chi connectivity index (χ3n) is 14.4. The molecule has 0 aliphatic carbocycles. The van der Waals surface area contributed by atoms with Crippen LogP contribution in [-0.4, -0.2) is 0 Å². The quantitative estimate of drug-likeness (QED) is 0.130. The van der Waals surface area contributed by atoms with E-state index in [9.17, 15) is 0 Å². The van der Waals surface area contributed by atoms with Gasteiger partial charge in [-0.05, 0) is 149 Å². The molecule has 74 heavy (non-hydrogen) atoms. The molecule has 2 heteroatoms. The number of hydrogen-bond donors (Lipinski definition) is 1. The molecule has 348 valence electrons. The Hall–Kier alpha value is -9.76. The minimum Gasteiger partial charge on any atom is -0.355 e. The van der Waals surface area contributed by atoms with Crippen LogP contribution in [0, 0.1) is 0 Å². The first-order valence-corrected chi connectivity index (χ1v) is 25.4. The van der Waals surface area contributed by atoms with E-state index in [4.69, 9.17) is 0 Å². The van der Waals surface area contributed by atoms with Gasteiger partial charge in [-0.1, -0.05) is 237 Å². The predicted octanol–water partition coefficient (Wildman–Crippen LogP) is 20.4. The molecule has 13 aromatic carbocycles. The topological polar surface area (TPSA) is 15.3 Å². The van der Waals surface area contributed by atoms with Gasteiger partial charge >= 0.3 is 0 Å². The summed E-state index contributed by atoms with van der Waals surface area (Å²) in [4.78, 5) is 2.45. The summed E-state index contributed by atoms with van der Waals surface area (Å²) in [5.74, 6) is 0. The van der Waals surface area contributed by atoms with Gasteiger partial charge in [0.15, 0.2) is 0 Å². The first-order chi connectivity index (χ1) is 36.7. The second kappa shape index (κ2) is 19.4. The van der Waals surface area contributed by atoms with Crippen molar-refractivity contribution in [2.24, 2.45) is 0 Å². The lowest BCUT2D eigenvalue weighted by Gasteiger charge is -2.29. The lowest BCUT2D eigenvalue weighted by molar-refractivity contribution is 1.28. The fraction of sp³-hybridized carbons (Fsp3) is 0. The van der Waals surface area contributed by atoms with E-state index < -0.39 is 0 Å². The van der Waals surface area contributed by atoms with Gasteiger partial charge in [-0.15, -0.1) is 0 Å². The zero-order valence-corrected chi connectivity index (χ0v) is 40.7. The maximum absolute atomic E-state index is 3.79. The lowest BCUT2D eigenvalue weighted by atomic mass is 9.84. The SMILES string of the molecule is c1ccc(Nc2cccc(-c3ccccc3N(c3cccc(-c4ccc5ccccc5c4)c3)c3cccc(-c4ccc5c(c4)c(-c4ccccc4)c(-c4ccccc4)c4ccccc45)c3)c2-c2ccccc2)cc1. The van der Waals surface area contributed by atoms with Crippen molar-refractivity contribution in [3.8, 4) is 66.8 Å². The van der Waals surface area contributed by atoms with Crippen molar-refractivity contribution in [3.63, 3.8) is 0 Å². The summed E-state index contributed by atoms with van der Waals surface area (Å²) in [5.41, 5.74) is 19.3. The average molecular weight is 943 g/mol. The standard InChI is InChI=1S/C72H50N2/c1-5-23-51(24-6-1)70-66(39-21-40-68(70)73-59-32-11-4-12-33-59)64-37-17-18-41-69(64)74(60-34-19-30-55(47-60)57-43-42-50-22-13-14-29-54(50)46-57)61-35-20-31-56(48-61)58-44-45-63-62-36-15-16-38-65(62)71(52-25-7-2-8-26-52)72(67(63)49-58)53-27-9-3-10-28-53/h1-49,73H. The molecule has 2 nitrogen and oxygen atoms in total. The van der Waals surface area contributed by atoms with Crippen LogP contribution in [0.1, 0.15) is 0 Å². The molecule has 13 aromatic rings. The van der Waals surface area contributed by atoms with Gasteiger partial charge < -0.3 is 10.2 Å². The Labute approximate surface area is 432 Å². The second-order valence-corrected chi connectivity index (χ2v) is 18.9. The van der Waals surface area contributed by atoms with Crippen LogP contribution in [0.25, 0.3) is 99.1 Å². The predicted molar refractivity (Wildman–Crippen MR) is 316 cm³/mol. The molecule has 0 aromatic heterocycles. The first kappa shape index (κ1) is 44.2. The van der Waals surface area contributed by atoms with Crippen molar-refractivity contribution in [2.75, 3.05) is 10.2 Å². The number of rotatable bonds is 11. The summed E-state index contributed by atoms with van der Waals surface area (Å²) in [6.45, 7) is 0. The van der Waals surface area contributed by atoms with Crippen LogP contribution in [0.3, 0.4) is 0 Å². The summed E-state index contributed by atoms with van der Waals surface area (Å²) >= 11 is 0. The van der Waals surface area contributed by atoms with Crippen LogP contribution in [0.5, 0.6) is 0 Å². The van der Waals surface area contributed by atoms with Crippen LogP contribution in [0.2, 0.25) is 0 Å². The van der Waals surface area contributed by atoms with E-state index in [0.29, 0.717) is 0 Å². The lowest BCUT2D eigenvalue weighted by Crippen LogP contribution is -2.11. The van der Waals surface area contributed by atoms with Crippen molar-refractivity contribution in [2.45, 2.75) is 0 Å². The Morgan fingerprint density at radius 3 is 1.38 bits per heavy atom. The van der Waals surface area contributed by atoms with Crippen molar-refractivity contribution in [1.82, 2.24) is 0 Å². The summed E-state index contributed by atoms with van der Waals surface area (Å²) in [6.07, 6.45) is 0. The molecule has 0 atom stereocenters. The Kier molecular flexibility index (Phi) is 11.6. The van der Waals surface area contributed by atoms with E-state index in [1.165, 1.54) is 60.1 Å². The summed E-state index contributed by atoms with van der Waals surface area (Å²) in [7, 11) is 0. The van der Waals surface area contributed by atoms with Crippen molar-refractivity contribution >= 4 is 60.8 Å². The fourth-order valence-electron chi connectivity index (χ4n) is 11.0.